The van der Waals surface area contributed by atoms with Gasteiger partial charge in [-0.05, 0) is 50.9 Å². The quantitative estimate of drug-likeness (QED) is 0.526. The first-order chi connectivity index (χ1) is 12.9. The highest BCUT2D eigenvalue weighted by Gasteiger charge is 2.49. The van der Waals surface area contributed by atoms with Crippen LogP contribution in [0.25, 0.3) is 0 Å². The van der Waals surface area contributed by atoms with Crippen LogP contribution < -0.4 is 0 Å². The van der Waals surface area contributed by atoms with Gasteiger partial charge < -0.3 is 4.43 Å². The molecule has 2 heterocycles. The number of nitrogens with zero attached hydrogens (tertiary/aromatic N) is 4. The highest BCUT2D eigenvalue weighted by atomic mass is 28.4. The molecule has 0 bridgehead atoms. The molecule has 0 saturated heterocycles. The average molecular weight is 401 g/mol. The van der Waals surface area contributed by atoms with E-state index in [0.29, 0.717) is 5.56 Å². The van der Waals surface area contributed by atoms with Crippen LogP contribution >= 0.6 is 0 Å². The summed E-state index contributed by atoms with van der Waals surface area (Å²) < 4.78 is 8.67. The summed E-state index contributed by atoms with van der Waals surface area (Å²) in [4.78, 5) is 20.7. The van der Waals surface area contributed by atoms with Crippen LogP contribution in [0.4, 0.5) is 0 Å². The molecule has 0 amide bonds. The van der Waals surface area contributed by atoms with Gasteiger partial charge in [0.05, 0.1) is 35.5 Å². The molecule has 0 atom stereocenters. The number of Topliss-reactive ketones (excluding diaryl/α,β-unsaturated/α-hetero) is 1. The Balaban J connectivity index is 1.66. The average Bonchev–Trinajstić information content (AvgIpc) is 2.93. The van der Waals surface area contributed by atoms with E-state index in [1.165, 1.54) is 6.33 Å². The monoisotopic (exact) mass is 400 g/mol. The Hall–Kier alpha value is -1.86. The molecule has 1 aliphatic rings. The summed E-state index contributed by atoms with van der Waals surface area (Å²) in [5.74, 6) is 0.0436. The molecule has 152 valence electrons. The number of ketones is 1. The summed E-state index contributed by atoms with van der Waals surface area (Å²) in [6, 6.07) is 2.06. The van der Waals surface area contributed by atoms with Crippen molar-refractivity contribution < 1.29 is 9.22 Å². The predicted molar refractivity (Wildman–Crippen MR) is 112 cm³/mol. The van der Waals surface area contributed by atoms with Crippen LogP contribution in [-0.4, -0.2) is 39.5 Å². The minimum absolute atomic E-state index is 0.0436. The van der Waals surface area contributed by atoms with Crippen molar-refractivity contribution >= 4 is 14.1 Å². The topological polar surface area (TPSA) is 69.9 Å². The van der Waals surface area contributed by atoms with Crippen molar-refractivity contribution in [3.8, 4) is 0 Å². The van der Waals surface area contributed by atoms with E-state index in [2.05, 4.69) is 55.9 Å². The maximum absolute atomic E-state index is 12.7. The molecule has 7 heteroatoms. The van der Waals surface area contributed by atoms with E-state index < -0.39 is 8.32 Å². The van der Waals surface area contributed by atoms with E-state index >= 15 is 0 Å². The second kappa shape index (κ2) is 7.19. The number of hydrogen-bond donors (Lipinski definition) is 0. The molecule has 6 nitrogen and oxygen atoms in total. The van der Waals surface area contributed by atoms with Crippen molar-refractivity contribution in [3.05, 3.63) is 41.7 Å². The third-order valence-corrected chi connectivity index (χ3v) is 10.9. The van der Waals surface area contributed by atoms with Crippen molar-refractivity contribution in [3.63, 3.8) is 0 Å². The van der Waals surface area contributed by atoms with E-state index in [-0.39, 0.29) is 28.9 Å². The lowest BCUT2D eigenvalue weighted by Gasteiger charge is -2.52. The fourth-order valence-corrected chi connectivity index (χ4v) is 5.41. The van der Waals surface area contributed by atoms with Gasteiger partial charge in [0.2, 0.25) is 0 Å². The van der Waals surface area contributed by atoms with Crippen molar-refractivity contribution in [2.24, 2.45) is 0 Å². The van der Waals surface area contributed by atoms with Crippen LogP contribution in [-0.2, 0) is 10.8 Å². The maximum atomic E-state index is 12.7. The van der Waals surface area contributed by atoms with Crippen molar-refractivity contribution in [1.29, 1.82) is 0 Å². The number of hydrogen-bond acceptors (Lipinski definition) is 5. The van der Waals surface area contributed by atoms with Gasteiger partial charge in [0, 0.05) is 11.9 Å². The predicted octanol–water partition coefficient (Wildman–Crippen LogP) is 4.52. The lowest BCUT2D eigenvalue weighted by Crippen LogP contribution is -2.54. The van der Waals surface area contributed by atoms with Crippen LogP contribution in [0.1, 0.15) is 68.3 Å². The zero-order valence-corrected chi connectivity index (χ0v) is 19.1. The Kier molecular flexibility index (Phi) is 5.36. The second-order valence-electron chi connectivity index (χ2n) is 9.76. The zero-order valence-electron chi connectivity index (χ0n) is 18.1. The van der Waals surface area contributed by atoms with Gasteiger partial charge >= 0.3 is 0 Å². The van der Waals surface area contributed by atoms with Crippen LogP contribution in [0.2, 0.25) is 18.1 Å². The van der Waals surface area contributed by atoms with E-state index in [1.807, 2.05) is 11.6 Å². The van der Waals surface area contributed by atoms with Gasteiger partial charge in [-0.1, -0.05) is 20.8 Å². The van der Waals surface area contributed by atoms with Gasteiger partial charge in [-0.3, -0.25) is 9.48 Å². The summed E-state index contributed by atoms with van der Waals surface area (Å²) in [6.07, 6.45) is 6.96. The second-order valence-corrected chi connectivity index (χ2v) is 14.5. The molecule has 2 aromatic heterocycles. The normalized spacial score (nSPS) is 22.8. The van der Waals surface area contributed by atoms with E-state index in [1.54, 1.807) is 18.5 Å². The van der Waals surface area contributed by atoms with Crippen molar-refractivity contribution in [2.75, 3.05) is 0 Å². The van der Waals surface area contributed by atoms with E-state index in [9.17, 15) is 4.79 Å². The van der Waals surface area contributed by atoms with Crippen molar-refractivity contribution in [2.45, 2.75) is 83.7 Å². The summed E-state index contributed by atoms with van der Waals surface area (Å²) in [5.41, 5.74) is 2.24. The van der Waals surface area contributed by atoms with Gasteiger partial charge in [0.25, 0.3) is 0 Å². The number of rotatable bonds is 6. The number of carbonyl (C=O) groups excluding carboxylic acids is 1. The van der Waals surface area contributed by atoms with Gasteiger partial charge in [0.1, 0.15) is 6.33 Å². The van der Waals surface area contributed by atoms with Gasteiger partial charge in [0.15, 0.2) is 14.1 Å². The lowest BCUT2D eigenvalue weighted by molar-refractivity contribution is -0.0429. The SMILES string of the molecule is Cc1c(C(=O)Cc2ccncn2)cnn1C1CC(C)(O[Si](C)(C)C(C)(C)C)C1. The molecule has 28 heavy (non-hydrogen) atoms. The summed E-state index contributed by atoms with van der Waals surface area (Å²) in [5, 5.41) is 4.73. The third kappa shape index (κ3) is 4.10. The van der Waals surface area contributed by atoms with Gasteiger partial charge in [-0.2, -0.15) is 5.10 Å². The molecule has 0 radical (unpaired) electrons. The molecule has 0 spiro atoms. The minimum Gasteiger partial charge on any atom is -0.411 e. The Morgan fingerprint density at radius 2 is 2.04 bits per heavy atom. The fourth-order valence-electron chi connectivity index (χ4n) is 3.71. The first kappa shape index (κ1) is 20.9. The summed E-state index contributed by atoms with van der Waals surface area (Å²) >= 11 is 0. The molecule has 2 aromatic rings. The number of aromatic nitrogens is 4. The fraction of sp³-hybridized carbons (Fsp3) is 0.619. The van der Waals surface area contributed by atoms with E-state index in [0.717, 1.165) is 24.2 Å². The zero-order chi connectivity index (χ0) is 20.7. The highest BCUT2D eigenvalue weighted by Crippen LogP contribution is 2.49. The largest absolute Gasteiger partial charge is 0.411 e. The van der Waals surface area contributed by atoms with E-state index in [4.69, 9.17) is 4.43 Å². The molecule has 0 N–H and O–H groups in total. The van der Waals surface area contributed by atoms with Gasteiger partial charge in [-0.15, -0.1) is 0 Å². The molecule has 0 unspecified atom stereocenters. The standard InChI is InChI=1S/C21H32N4O2Si/c1-15-18(19(26)10-16-8-9-22-14-23-16)13-24-25(15)17-11-21(5,12-17)27-28(6,7)20(2,3)4/h8-9,13-14,17H,10-12H2,1-7H3. The molecular weight excluding hydrogens is 368 g/mol. The van der Waals surface area contributed by atoms with Crippen LogP contribution in [0.15, 0.2) is 24.8 Å². The maximum Gasteiger partial charge on any atom is 0.192 e. The minimum atomic E-state index is -1.81. The van der Waals surface area contributed by atoms with Gasteiger partial charge in [-0.25, -0.2) is 9.97 Å². The molecule has 0 aromatic carbocycles. The molecular formula is C21H32N4O2Si. The molecule has 3 rings (SSSR count). The van der Waals surface area contributed by atoms with Crippen LogP contribution in [0.5, 0.6) is 0 Å². The third-order valence-electron chi connectivity index (χ3n) is 6.32. The summed E-state index contributed by atoms with van der Waals surface area (Å²) in [6.45, 7) is 15.6. The number of carbonyl (C=O) groups is 1. The van der Waals surface area contributed by atoms with Crippen molar-refractivity contribution in [1.82, 2.24) is 19.7 Å². The molecule has 0 aliphatic heterocycles. The highest BCUT2D eigenvalue weighted by molar-refractivity contribution is 6.74. The summed E-state index contributed by atoms with van der Waals surface area (Å²) in [7, 11) is -1.81. The smallest absolute Gasteiger partial charge is 0.192 e. The Bertz CT molecular complexity index is 849. The first-order valence-electron chi connectivity index (χ1n) is 9.94. The Labute approximate surface area is 168 Å². The Morgan fingerprint density at radius 3 is 2.61 bits per heavy atom. The molecule has 1 aliphatic carbocycles. The first-order valence-corrected chi connectivity index (χ1v) is 12.9. The lowest BCUT2D eigenvalue weighted by atomic mass is 9.77. The van der Waals surface area contributed by atoms with Crippen LogP contribution in [0, 0.1) is 6.92 Å². The molecule has 1 saturated carbocycles. The van der Waals surface area contributed by atoms with Crippen LogP contribution in [0.3, 0.4) is 0 Å². The molecule has 1 fully saturated rings. The Morgan fingerprint density at radius 1 is 1.36 bits per heavy atom.